The van der Waals surface area contributed by atoms with Gasteiger partial charge in [-0.15, -0.1) is 11.3 Å². The van der Waals surface area contributed by atoms with Crippen LogP contribution in [-0.4, -0.2) is 7.85 Å². The lowest BCUT2D eigenvalue weighted by atomic mass is 9.90. The van der Waals surface area contributed by atoms with E-state index in [-0.39, 0.29) is 0 Å². The first kappa shape index (κ1) is 10.2. The van der Waals surface area contributed by atoms with E-state index in [2.05, 4.69) is 62.4 Å². The minimum Gasteiger partial charge on any atom is -0.136 e. The van der Waals surface area contributed by atoms with Crippen molar-refractivity contribution in [3.05, 3.63) is 54.6 Å². The van der Waals surface area contributed by atoms with Crippen LogP contribution in [-0.2, 0) is 0 Å². The van der Waals surface area contributed by atoms with Gasteiger partial charge in [0, 0.05) is 20.2 Å². The molecule has 84 valence electrons. The molecular formula is C16H11BS. The van der Waals surface area contributed by atoms with Crippen molar-refractivity contribution < 1.29 is 0 Å². The lowest BCUT2D eigenvalue weighted by Gasteiger charge is -2.03. The van der Waals surface area contributed by atoms with E-state index in [1.54, 1.807) is 0 Å². The summed E-state index contributed by atoms with van der Waals surface area (Å²) in [6.45, 7) is 0. The Labute approximate surface area is 110 Å². The molecule has 0 fully saturated rings. The quantitative estimate of drug-likeness (QED) is 0.417. The molecule has 0 aliphatic heterocycles. The molecule has 0 radical (unpaired) electrons. The highest BCUT2D eigenvalue weighted by atomic mass is 32.1. The maximum atomic E-state index is 2.30. The molecule has 0 amide bonds. The summed E-state index contributed by atoms with van der Waals surface area (Å²) >= 11 is 1.90. The van der Waals surface area contributed by atoms with E-state index < -0.39 is 0 Å². The van der Waals surface area contributed by atoms with Gasteiger partial charge in [-0.3, -0.25) is 0 Å². The van der Waals surface area contributed by atoms with E-state index >= 15 is 0 Å². The molecule has 0 aliphatic carbocycles. The van der Waals surface area contributed by atoms with Crippen LogP contribution in [0.5, 0.6) is 0 Å². The lowest BCUT2D eigenvalue weighted by molar-refractivity contribution is 1.82. The topological polar surface area (TPSA) is 0 Å². The zero-order chi connectivity index (χ0) is 12.1. The molecule has 0 bridgehead atoms. The summed E-state index contributed by atoms with van der Waals surface area (Å²) in [5, 5.41) is 5.52. The molecule has 0 saturated carbocycles. The van der Waals surface area contributed by atoms with Gasteiger partial charge in [0.05, 0.1) is 0 Å². The Balaban J connectivity index is 2.41. The van der Waals surface area contributed by atoms with Crippen molar-refractivity contribution in [3.8, 4) is 0 Å². The Kier molecular flexibility index (Phi) is 2.03. The van der Waals surface area contributed by atoms with E-state index in [1.807, 2.05) is 11.3 Å². The number of thiophene rings is 1. The zero-order valence-corrected chi connectivity index (χ0v) is 10.9. The Bertz CT molecular complexity index is 889. The predicted molar refractivity (Wildman–Crippen MR) is 85.0 cm³/mol. The van der Waals surface area contributed by atoms with Crippen LogP contribution in [0.3, 0.4) is 0 Å². The van der Waals surface area contributed by atoms with E-state index in [0.717, 1.165) is 0 Å². The predicted octanol–water partition coefficient (Wildman–Crippen LogP) is 3.47. The molecule has 0 spiro atoms. The summed E-state index contributed by atoms with van der Waals surface area (Å²) < 4.78 is 2.81. The fourth-order valence-electron chi connectivity index (χ4n) is 2.74. The Hall–Kier alpha value is -1.80. The minimum atomic E-state index is 1.34. The Morgan fingerprint density at radius 1 is 0.833 bits per heavy atom. The highest BCUT2D eigenvalue weighted by Crippen LogP contribution is 2.36. The van der Waals surface area contributed by atoms with Crippen molar-refractivity contribution in [1.82, 2.24) is 0 Å². The van der Waals surface area contributed by atoms with Crippen LogP contribution in [0.25, 0.3) is 30.9 Å². The first-order valence-corrected chi connectivity index (χ1v) is 6.96. The van der Waals surface area contributed by atoms with Gasteiger partial charge < -0.3 is 0 Å². The Morgan fingerprint density at radius 3 is 2.44 bits per heavy atom. The maximum Gasteiger partial charge on any atom is 0.141 e. The molecule has 4 aromatic rings. The fraction of sp³-hybridized carbons (Fsp3) is 0. The number of hydrogen-bond acceptors (Lipinski definition) is 1. The summed E-state index contributed by atoms with van der Waals surface area (Å²) in [7, 11) is 2.21. The monoisotopic (exact) mass is 246 g/mol. The summed E-state index contributed by atoms with van der Waals surface area (Å²) in [5.41, 5.74) is 1.38. The van der Waals surface area contributed by atoms with Crippen LogP contribution in [0.1, 0.15) is 0 Å². The standard InChI is InChI=1S/C16H11BS/c17-13-9-10-5-1-2-6-11(10)15-12-7-3-4-8-14(12)18-16(13)15/h1-9H,17H2. The van der Waals surface area contributed by atoms with E-state index in [1.165, 1.54) is 36.4 Å². The third-order valence-electron chi connectivity index (χ3n) is 3.56. The Morgan fingerprint density at radius 2 is 1.56 bits per heavy atom. The fourth-order valence-corrected chi connectivity index (χ4v) is 3.93. The van der Waals surface area contributed by atoms with Gasteiger partial charge in [0.1, 0.15) is 7.85 Å². The third kappa shape index (κ3) is 1.27. The van der Waals surface area contributed by atoms with Gasteiger partial charge >= 0.3 is 0 Å². The molecule has 1 heterocycles. The zero-order valence-electron chi connectivity index (χ0n) is 10.1. The molecule has 4 rings (SSSR count). The van der Waals surface area contributed by atoms with Gasteiger partial charge in [-0.1, -0.05) is 54.0 Å². The largest absolute Gasteiger partial charge is 0.141 e. The van der Waals surface area contributed by atoms with Gasteiger partial charge in [0.25, 0.3) is 0 Å². The second-order valence-corrected chi connectivity index (χ2v) is 5.77. The van der Waals surface area contributed by atoms with Crippen LogP contribution in [0.4, 0.5) is 0 Å². The van der Waals surface area contributed by atoms with Gasteiger partial charge in [-0.2, -0.15) is 0 Å². The molecule has 18 heavy (non-hydrogen) atoms. The summed E-state index contributed by atoms with van der Waals surface area (Å²) in [6, 6.07) is 19.7. The number of fused-ring (bicyclic) bond motifs is 5. The number of hydrogen-bond donors (Lipinski definition) is 0. The SMILES string of the molecule is Bc1cc2ccccc2c2c1sc1ccccc12. The molecule has 3 aromatic carbocycles. The molecule has 0 unspecified atom stereocenters. The molecule has 2 heteroatoms. The smallest absolute Gasteiger partial charge is 0.136 e. The van der Waals surface area contributed by atoms with E-state index in [0.29, 0.717) is 0 Å². The average Bonchev–Trinajstić information content (AvgIpc) is 2.79. The normalized spacial score (nSPS) is 11.6. The van der Waals surface area contributed by atoms with Crippen molar-refractivity contribution >= 4 is 55.6 Å². The molecule has 0 aliphatic rings. The van der Waals surface area contributed by atoms with Crippen LogP contribution in [0, 0.1) is 0 Å². The second kappa shape index (κ2) is 3.60. The van der Waals surface area contributed by atoms with Crippen LogP contribution < -0.4 is 5.46 Å². The van der Waals surface area contributed by atoms with Gasteiger partial charge in [-0.05, 0) is 16.8 Å². The highest BCUT2D eigenvalue weighted by Gasteiger charge is 2.09. The molecule has 0 atom stereocenters. The van der Waals surface area contributed by atoms with Crippen molar-refractivity contribution in [1.29, 1.82) is 0 Å². The van der Waals surface area contributed by atoms with Gasteiger partial charge in [0.2, 0.25) is 0 Å². The van der Waals surface area contributed by atoms with Crippen molar-refractivity contribution in [2.45, 2.75) is 0 Å². The van der Waals surface area contributed by atoms with Crippen LogP contribution >= 0.6 is 11.3 Å². The first-order valence-electron chi connectivity index (χ1n) is 6.14. The minimum absolute atomic E-state index is 1.34. The maximum absolute atomic E-state index is 2.30. The molecular weight excluding hydrogens is 235 g/mol. The van der Waals surface area contributed by atoms with Crippen molar-refractivity contribution in [2.75, 3.05) is 0 Å². The second-order valence-electron chi connectivity index (χ2n) is 4.72. The van der Waals surface area contributed by atoms with Gasteiger partial charge in [-0.25, -0.2) is 0 Å². The number of benzene rings is 3. The summed E-state index contributed by atoms with van der Waals surface area (Å²) in [4.78, 5) is 0. The highest BCUT2D eigenvalue weighted by molar-refractivity contribution is 7.27. The average molecular weight is 246 g/mol. The third-order valence-corrected chi connectivity index (χ3v) is 4.86. The summed E-state index contributed by atoms with van der Waals surface area (Å²) in [5.74, 6) is 0. The van der Waals surface area contributed by atoms with Crippen molar-refractivity contribution in [3.63, 3.8) is 0 Å². The van der Waals surface area contributed by atoms with E-state index in [4.69, 9.17) is 0 Å². The molecule has 0 saturated heterocycles. The van der Waals surface area contributed by atoms with Crippen LogP contribution in [0.2, 0.25) is 0 Å². The van der Waals surface area contributed by atoms with Crippen molar-refractivity contribution in [2.24, 2.45) is 0 Å². The lowest BCUT2D eigenvalue weighted by Crippen LogP contribution is -2.01. The van der Waals surface area contributed by atoms with Gasteiger partial charge in [0.15, 0.2) is 0 Å². The van der Waals surface area contributed by atoms with E-state index in [9.17, 15) is 0 Å². The number of rotatable bonds is 0. The molecule has 0 nitrogen and oxygen atoms in total. The van der Waals surface area contributed by atoms with Crippen LogP contribution in [0.15, 0.2) is 54.6 Å². The molecule has 0 N–H and O–H groups in total. The molecule has 1 aromatic heterocycles. The first-order chi connectivity index (χ1) is 8.84. The summed E-state index contributed by atoms with van der Waals surface area (Å²) in [6.07, 6.45) is 0.